The van der Waals surface area contributed by atoms with Crippen molar-refractivity contribution in [2.45, 2.75) is 6.54 Å². The van der Waals surface area contributed by atoms with Crippen LogP contribution in [0.15, 0.2) is 38.5 Å². The number of halogens is 2. The zero-order chi connectivity index (χ0) is 14.9. The van der Waals surface area contributed by atoms with Crippen molar-refractivity contribution in [1.29, 1.82) is 0 Å². The zero-order valence-electron chi connectivity index (χ0n) is 9.80. The lowest BCUT2D eigenvalue weighted by molar-refractivity contribution is -0.385. The molecule has 0 aliphatic rings. The van der Waals surface area contributed by atoms with E-state index in [1.165, 1.54) is 24.4 Å². The molecule has 9 heteroatoms. The Hall–Kier alpha value is -1.93. The number of nitro benzene ring substituents is 1. The van der Waals surface area contributed by atoms with Crippen LogP contribution >= 0.6 is 27.5 Å². The molecule has 0 aliphatic carbocycles. The Balaban J connectivity index is 2.56. The fraction of sp³-hybridized carbons (Fsp3) is 0.0909. The predicted octanol–water partition coefficient (Wildman–Crippen LogP) is 1.91. The standard InChI is InChI=1S/C11H7BrClN3O4/c12-7-5-15(11(18)14-10(7)17)4-6-8(13)2-1-3-9(6)16(19)20/h1-3,5H,4H2,(H,14,17,18). The Kier molecular flexibility index (Phi) is 4.05. The van der Waals surface area contributed by atoms with E-state index in [0.29, 0.717) is 0 Å². The molecule has 0 amide bonds. The van der Waals surface area contributed by atoms with E-state index in [1.54, 1.807) is 0 Å². The highest BCUT2D eigenvalue weighted by molar-refractivity contribution is 9.10. The van der Waals surface area contributed by atoms with Gasteiger partial charge in [0.25, 0.3) is 11.2 Å². The van der Waals surface area contributed by atoms with Gasteiger partial charge in [-0.15, -0.1) is 0 Å². The lowest BCUT2D eigenvalue weighted by atomic mass is 10.2. The summed E-state index contributed by atoms with van der Waals surface area (Å²) in [6.07, 6.45) is 1.26. The number of hydrogen-bond donors (Lipinski definition) is 1. The Labute approximate surface area is 125 Å². The molecular weight excluding hydrogens is 353 g/mol. The highest BCUT2D eigenvalue weighted by Crippen LogP contribution is 2.26. The Morgan fingerprint density at radius 2 is 2.10 bits per heavy atom. The summed E-state index contributed by atoms with van der Waals surface area (Å²) in [6, 6.07) is 4.25. The van der Waals surface area contributed by atoms with Crippen LogP contribution in [-0.2, 0) is 6.54 Å². The SMILES string of the molecule is O=c1[nH]c(=O)n(Cc2c(Cl)cccc2[N+](=O)[O-])cc1Br. The topological polar surface area (TPSA) is 98.0 Å². The smallest absolute Gasteiger partial charge is 0.295 e. The third-order valence-electron chi connectivity index (χ3n) is 2.59. The van der Waals surface area contributed by atoms with Crippen molar-refractivity contribution in [1.82, 2.24) is 9.55 Å². The van der Waals surface area contributed by atoms with Gasteiger partial charge in [-0.2, -0.15) is 0 Å². The molecule has 0 saturated heterocycles. The van der Waals surface area contributed by atoms with E-state index >= 15 is 0 Å². The zero-order valence-corrected chi connectivity index (χ0v) is 12.1. The van der Waals surface area contributed by atoms with Crippen LogP contribution in [0.25, 0.3) is 0 Å². The van der Waals surface area contributed by atoms with Crippen LogP contribution in [0.2, 0.25) is 5.02 Å². The first kappa shape index (κ1) is 14.5. The van der Waals surface area contributed by atoms with Crippen molar-refractivity contribution >= 4 is 33.2 Å². The van der Waals surface area contributed by atoms with Gasteiger partial charge < -0.3 is 0 Å². The minimum atomic E-state index is -0.674. The first-order valence-corrected chi connectivity index (χ1v) is 6.48. The molecule has 0 unspecified atom stereocenters. The van der Waals surface area contributed by atoms with Gasteiger partial charge in [0.15, 0.2) is 0 Å². The van der Waals surface area contributed by atoms with Crippen LogP contribution in [0, 0.1) is 10.1 Å². The van der Waals surface area contributed by atoms with Crippen LogP contribution in [0.4, 0.5) is 5.69 Å². The van der Waals surface area contributed by atoms with Crippen molar-refractivity contribution in [3.63, 3.8) is 0 Å². The van der Waals surface area contributed by atoms with E-state index in [0.717, 1.165) is 4.57 Å². The number of H-pyrrole nitrogens is 1. The molecular formula is C11H7BrClN3O4. The highest BCUT2D eigenvalue weighted by Gasteiger charge is 2.17. The third kappa shape index (κ3) is 2.81. The van der Waals surface area contributed by atoms with Gasteiger partial charge in [0, 0.05) is 12.3 Å². The summed E-state index contributed by atoms with van der Waals surface area (Å²) in [5.41, 5.74) is -1.24. The number of nitro groups is 1. The molecule has 0 aliphatic heterocycles. The Bertz CT molecular complexity index is 799. The van der Waals surface area contributed by atoms with E-state index in [9.17, 15) is 19.7 Å². The van der Waals surface area contributed by atoms with Gasteiger partial charge in [-0.05, 0) is 22.0 Å². The van der Waals surface area contributed by atoms with Crippen LogP contribution in [-0.4, -0.2) is 14.5 Å². The summed E-state index contributed by atoms with van der Waals surface area (Å²) in [7, 11) is 0. The normalized spacial score (nSPS) is 10.5. The summed E-state index contributed by atoms with van der Waals surface area (Å²) < 4.78 is 1.27. The fourth-order valence-corrected chi connectivity index (χ4v) is 2.22. The quantitative estimate of drug-likeness (QED) is 0.667. The Morgan fingerprint density at radius 3 is 2.75 bits per heavy atom. The number of rotatable bonds is 3. The van der Waals surface area contributed by atoms with Crippen molar-refractivity contribution in [2.75, 3.05) is 0 Å². The maximum Gasteiger partial charge on any atom is 0.328 e. The largest absolute Gasteiger partial charge is 0.328 e. The summed E-state index contributed by atoms with van der Waals surface area (Å²) in [5, 5.41) is 11.1. The molecule has 1 aromatic carbocycles. The molecule has 0 spiro atoms. The van der Waals surface area contributed by atoms with Gasteiger partial charge in [0.1, 0.15) is 0 Å². The summed E-state index contributed by atoms with van der Waals surface area (Å²) >= 11 is 8.93. The van der Waals surface area contributed by atoms with E-state index in [-0.39, 0.29) is 27.3 Å². The second kappa shape index (κ2) is 5.59. The molecule has 1 N–H and O–H groups in total. The summed E-state index contributed by atoms with van der Waals surface area (Å²) in [6.45, 7) is -0.121. The number of nitrogens with zero attached hydrogens (tertiary/aromatic N) is 2. The molecule has 1 aromatic heterocycles. The number of hydrogen-bond acceptors (Lipinski definition) is 4. The lowest BCUT2D eigenvalue weighted by Gasteiger charge is -2.08. The molecule has 0 radical (unpaired) electrons. The molecule has 0 atom stereocenters. The van der Waals surface area contributed by atoms with E-state index < -0.39 is 16.2 Å². The molecule has 2 rings (SSSR count). The lowest BCUT2D eigenvalue weighted by Crippen LogP contribution is -2.30. The van der Waals surface area contributed by atoms with E-state index in [4.69, 9.17) is 11.6 Å². The summed E-state index contributed by atoms with van der Waals surface area (Å²) in [5.74, 6) is 0. The van der Waals surface area contributed by atoms with E-state index in [2.05, 4.69) is 20.9 Å². The average molecular weight is 361 g/mol. The predicted molar refractivity (Wildman–Crippen MR) is 76.2 cm³/mol. The van der Waals surface area contributed by atoms with Crippen LogP contribution in [0.5, 0.6) is 0 Å². The minimum Gasteiger partial charge on any atom is -0.295 e. The van der Waals surface area contributed by atoms with Gasteiger partial charge in [-0.3, -0.25) is 24.5 Å². The molecule has 0 bridgehead atoms. The number of aromatic nitrogens is 2. The Morgan fingerprint density at radius 1 is 1.40 bits per heavy atom. The van der Waals surface area contributed by atoms with Gasteiger partial charge in [0.05, 0.1) is 26.5 Å². The highest BCUT2D eigenvalue weighted by atomic mass is 79.9. The van der Waals surface area contributed by atoms with E-state index in [1.807, 2.05) is 0 Å². The average Bonchev–Trinajstić information content (AvgIpc) is 2.37. The van der Waals surface area contributed by atoms with Gasteiger partial charge in [-0.25, -0.2) is 4.79 Å². The van der Waals surface area contributed by atoms with Gasteiger partial charge in [-0.1, -0.05) is 17.7 Å². The number of nitrogens with one attached hydrogen (secondary N) is 1. The van der Waals surface area contributed by atoms with Crippen molar-refractivity contribution in [3.05, 3.63) is 70.4 Å². The molecule has 1 heterocycles. The molecule has 0 saturated carbocycles. The molecule has 104 valence electrons. The van der Waals surface area contributed by atoms with Crippen molar-refractivity contribution in [3.8, 4) is 0 Å². The first-order valence-electron chi connectivity index (χ1n) is 5.31. The molecule has 0 fully saturated rings. The number of benzene rings is 1. The fourth-order valence-electron chi connectivity index (χ4n) is 1.65. The first-order chi connectivity index (χ1) is 9.40. The van der Waals surface area contributed by atoms with Gasteiger partial charge >= 0.3 is 5.69 Å². The second-order valence-electron chi connectivity index (χ2n) is 3.86. The maximum atomic E-state index is 11.7. The van der Waals surface area contributed by atoms with Crippen molar-refractivity contribution < 1.29 is 4.92 Å². The van der Waals surface area contributed by atoms with Crippen LogP contribution < -0.4 is 11.2 Å². The summed E-state index contributed by atoms with van der Waals surface area (Å²) in [4.78, 5) is 35.4. The monoisotopic (exact) mass is 359 g/mol. The van der Waals surface area contributed by atoms with Crippen molar-refractivity contribution in [2.24, 2.45) is 0 Å². The minimum absolute atomic E-state index is 0.121. The number of aromatic amines is 1. The third-order valence-corrected chi connectivity index (χ3v) is 3.51. The van der Waals surface area contributed by atoms with Gasteiger partial charge in [0.2, 0.25) is 0 Å². The molecule has 7 nitrogen and oxygen atoms in total. The van der Waals surface area contributed by atoms with Crippen LogP contribution in [0.1, 0.15) is 5.56 Å². The second-order valence-corrected chi connectivity index (χ2v) is 5.12. The molecule has 2 aromatic rings. The van der Waals surface area contributed by atoms with Crippen LogP contribution in [0.3, 0.4) is 0 Å². The molecule has 20 heavy (non-hydrogen) atoms. The maximum absolute atomic E-state index is 11.7.